The fourth-order valence-electron chi connectivity index (χ4n) is 1.84. The van der Waals surface area contributed by atoms with Crippen molar-refractivity contribution in [3.63, 3.8) is 0 Å². The van der Waals surface area contributed by atoms with E-state index in [0.29, 0.717) is 25.4 Å². The Hall–Kier alpha value is -2.23. The van der Waals surface area contributed by atoms with Gasteiger partial charge in [0.1, 0.15) is 11.6 Å². The number of para-hydroxylation sites is 1. The van der Waals surface area contributed by atoms with Crippen LogP contribution in [-0.4, -0.2) is 19.7 Å². The molecule has 20 heavy (non-hydrogen) atoms. The third-order valence-corrected chi connectivity index (χ3v) is 2.81. The Morgan fingerprint density at radius 3 is 2.35 bits per heavy atom. The fraction of sp³-hybridized carbons (Fsp3) is 0.250. The lowest BCUT2D eigenvalue weighted by atomic mass is 10.3. The van der Waals surface area contributed by atoms with Gasteiger partial charge in [0.2, 0.25) is 0 Å². The quantitative estimate of drug-likeness (QED) is 0.754. The predicted molar refractivity (Wildman–Crippen MR) is 81.0 cm³/mol. The van der Waals surface area contributed by atoms with E-state index in [1.807, 2.05) is 37.3 Å². The first kappa shape index (κ1) is 14.2. The van der Waals surface area contributed by atoms with Crippen LogP contribution in [0.1, 0.15) is 6.92 Å². The summed E-state index contributed by atoms with van der Waals surface area (Å²) < 4.78 is 18.7. The topological polar surface area (TPSA) is 33.3 Å². The molecular formula is C16H19FN2O. The van der Waals surface area contributed by atoms with Crippen LogP contribution in [0.4, 0.5) is 15.8 Å². The average Bonchev–Trinajstić information content (AvgIpc) is 2.47. The van der Waals surface area contributed by atoms with Crippen molar-refractivity contribution in [2.45, 2.75) is 6.92 Å². The molecule has 0 amide bonds. The van der Waals surface area contributed by atoms with Gasteiger partial charge in [0.25, 0.3) is 0 Å². The van der Waals surface area contributed by atoms with Crippen molar-refractivity contribution in [1.82, 2.24) is 0 Å². The molecule has 106 valence electrons. The number of rotatable bonds is 7. The van der Waals surface area contributed by atoms with Crippen LogP contribution in [0.5, 0.6) is 5.75 Å². The van der Waals surface area contributed by atoms with E-state index >= 15 is 0 Å². The van der Waals surface area contributed by atoms with Crippen LogP contribution in [0.2, 0.25) is 0 Å². The number of benzene rings is 2. The second-order valence-electron chi connectivity index (χ2n) is 4.29. The summed E-state index contributed by atoms with van der Waals surface area (Å²) >= 11 is 0. The lowest BCUT2D eigenvalue weighted by molar-refractivity contribution is 0.340. The summed E-state index contributed by atoms with van der Waals surface area (Å²) in [5, 5.41) is 6.32. The second-order valence-corrected chi connectivity index (χ2v) is 4.29. The first-order chi connectivity index (χ1) is 9.79. The number of halogens is 1. The molecular weight excluding hydrogens is 255 g/mol. The molecule has 2 aromatic rings. The molecule has 4 heteroatoms. The van der Waals surface area contributed by atoms with Gasteiger partial charge in [0.15, 0.2) is 0 Å². The molecule has 0 unspecified atom stereocenters. The summed E-state index contributed by atoms with van der Waals surface area (Å²) in [6.07, 6.45) is 0. The fourth-order valence-corrected chi connectivity index (χ4v) is 1.84. The number of hydrogen-bond acceptors (Lipinski definition) is 3. The first-order valence-electron chi connectivity index (χ1n) is 6.74. The van der Waals surface area contributed by atoms with E-state index in [1.165, 1.54) is 6.07 Å². The smallest absolute Gasteiger partial charge is 0.146 e. The van der Waals surface area contributed by atoms with Crippen molar-refractivity contribution in [3.8, 4) is 5.75 Å². The molecule has 0 saturated heterocycles. The molecule has 2 N–H and O–H groups in total. The molecule has 0 saturated carbocycles. The summed E-state index contributed by atoms with van der Waals surface area (Å²) in [6.45, 7) is 3.98. The molecule has 0 bridgehead atoms. The van der Waals surface area contributed by atoms with E-state index in [2.05, 4.69) is 10.6 Å². The van der Waals surface area contributed by atoms with Crippen LogP contribution in [0, 0.1) is 5.82 Å². The number of nitrogens with one attached hydrogen (secondary N) is 2. The summed E-state index contributed by atoms with van der Waals surface area (Å²) in [6, 6.07) is 14.5. The summed E-state index contributed by atoms with van der Waals surface area (Å²) in [4.78, 5) is 0. The highest BCUT2D eigenvalue weighted by Gasteiger charge is 1.98. The Kier molecular flexibility index (Phi) is 5.24. The van der Waals surface area contributed by atoms with E-state index in [1.54, 1.807) is 12.1 Å². The number of hydrogen-bond donors (Lipinski definition) is 2. The van der Waals surface area contributed by atoms with Crippen LogP contribution in [-0.2, 0) is 0 Å². The molecule has 0 aliphatic carbocycles. The Morgan fingerprint density at radius 1 is 0.950 bits per heavy atom. The van der Waals surface area contributed by atoms with E-state index in [-0.39, 0.29) is 5.82 Å². The summed E-state index contributed by atoms with van der Waals surface area (Å²) in [5.74, 6) is 0.635. The zero-order valence-corrected chi connectivity index (χ0v) is 11.5. The van der Waals surface area contributed by atoms with Gasteiger partial charge in [-0.1, -0.05) is 12.1 Å². The Bertz CT molecular complexity index is 528. The summed E-state index contributed by atoms with van der Waals surface area (Å²) in [5.41, 5.74) is 1.55. The van der Waals surface area contributed by atoms with Crippen LogP contribution in [0.25, 0.3) is 0 Å². The van der Waals surface area contributed by atoms with E-state index in [4.69, 9.17) is 4.74 Å². The molecule has 2 aromatic carbocycles. The van der Waals surface area contributed by atoms with Crippen molar-refractivity contribution in [2.75, 3.05) is 30.3 Å². The highest BCUT2D eigenvalue weighted by Crippen LogP contribution is 2.15. The Morgan fingerprint density at radius 2 is 1.65 bits per heavy atom. The average molecular weight is 274 g/mol. The normalized spacial score (nSPS) is 10.1. The van der Waals surface area contributed by atoms with Crippen molar-refractivity contribution in [1.29, 1.82) is 0 Å². The van der Waals surface area contributed by atoms with Gasteiger partial charge < -0.3 is 15.4 Å². The van der Waals surface area contributed by atoms with Gasteiger partial charge in [-0.3, -0.25) is 0 Å². The van der Waals surface area contributed by atoms with Gasteiger partial charge in [0.05, 0.1) is 12.3 Å². The lowest BCUT2D eigenvalue weighted by Crippen LogP contribution is -2.14. The third-order valence-electron chi connectivity index (χ3n) is 2.81. The van der Waals surface area contributed by atoms with Gasteiger partial charge in [0, 0.05) is 18.8 Å². The molecule has 0 radical (unpaired) electrons. The second kappa shape index (κ2) is 7.38. The van der Waals surface area contributed by atoms with Crippen molar-refractivity contribution < 1.29 is 9.13 Å². The maximum absolute atomic E-state index is 13.4. The zero-order valence-electron chi connectivity index (χ0n) is 11.5. The minimum atomic E-state index is -0.228. The third kappa shape index (κ3) is 4.16. The minimum absolute atomic E-state index is 0.228. The molecule has 0 aliphatic heterocycles. The van der Waals surface area contributed by atoms with Crippen LogP contribution in [0.15, 0.2) is 48.5 Å². The lowest BCUT2D eigenvalue weighted by Gasteiger charge is -2.10. The van der Waals surface area contributed by atoms with Crippen LogP contribution in [0.3, 0.4) is 0 Å². The van der Waals surface area contributed by atoms with E-state index in [0.717, 1.165) is 11.4 Å². The largest absolute Gasteiger partial charge is 0.494 e. The Balaban J connectivity index is 1.74. The summed E-state index contributed by atoms with van der Waals surface area (Å²) in [7, 11) is 0. The van der Waals surface area contributed by atoms with Gasteiger partial charge in [-0.2, -0.15) is 0 Å². The van der Waals surface area contributed by atoms with E-state index < -0.39 is 0 Å². The standard InChI is InChI=1S/C16H19FN2O/c1-2-20-14-9-7-13(8-10-14)18-11-12-19-16-6-4-3-5-15(16)17/h3-10,18-19H,2,11-12H2,1H3. The van der Waals surface area contributed by atoms with Crippen LogP contribution < -0.4 is 15.4 Å². The van der Waals surface area contributed by atoms with Crippen LogP contribution >= 0.6 is 0 Å². The number of ether oxygens (including phenoxy) is 1. The highest BCUT2D eigenvalue weighted by molar-refractivity contribution is 5.47. The zero-order chi connectivity index (χ0) is 14.2. The van der Waals surface area contributed by atoms with Gasteiger partial charge in [-0.15, -0.1) is 0 Å². The molecule has 0 aliphatic rings. The molecule has 0 aromatic heterocycles. The SMILES string of the molecule is CCOc1ccc(NCCNc2ccccc2F)cc1. The monoisotopic (exact) mass is 274 g/mol. The Labute approximate surface area is 118 Å². The molecule has 0 heterocycles. The molecule has 0 fully saturated rings. The van der Waals surface area contributed by atoms with Crippen molar-refractivity contribution >= 4 is 11.4 Å². The first-order valence-corrected chi connectivity index (χ1v) is 6.74. The van der Waals surface area contributed by atoms with Crippen molar-refractivity contribution in [2.24, 2.45) is 0 Å². The van der Waals surface area contributed by atoms with Gasteiger partial charge in [-0.25, -0.2) is 4.39 Å². The van der Waals surface area contributed by atoms with Crippen molar-refractivity contribution in [3.05, 3.63) is 54.3 Å². The molecule has 3 nitrogen and oxygen atoms in total. The molecule has 2 rings (SSSR count). The maximum Gasteiger partial charge on any atom is 0.146 e. The van der Waals surface area contributed by atoms with Gasteiger partial charge in [-0.05, 0) is 43.3 Å². The maximum atomic E-state index is 13.4. The highest BCUT2D eigenvalue weighted by atomic mass is 19.1. The molecule has 0 atom stereocenters. The molecule has 0 spiro atoms. The minimum Gasteiger partial charge on any atom is -0.494 e. The van der Waals surface area contributed by atoms with E-state index in [9.17, 15) is 4.39 Å². The number of anilines is 2. The predicted octanol–water partition coefficient (Wildman–Crippen LogP) is 3.75. The van der Waals surface area contributed by atoms with Gasteiger partial charge >= 0.3 is 0 Å².